The molecule has 0 aliphatic carbocycles. The average molecular weight is 297 g/mol. The molecule has 1 atom stereocenters. The maximum absolute atomic E-state index is 10.7. The summed E-state index contributed by atoms with van der Waals surface area (Å²) >= 11 is 0. The first-order chi connectivity index (χ1) is 10.7. The zero-order valence-corrected chi connectivity index (χ0v) is 12.4. The Morgan fingerprint density at radius 1 is 1.23 bits per heavy atom. The molecule has 0 amide bonds. The van der Waals surface area contributed by atoms with Crippen LogP contribution in [0.15, 0.2) is 48.8 Å². The zero-order valence-electron chi connectivity index (χ0n) is 12.4. The predicted octanol–water partition coefficient (Wildman–Crippen LogP) is 3.72. The number of nitro benzene ring substituents is 1. The molecule has 2 aromatic rings. The van der Waals surface area contributed by atoms with Gasteiger partial charge in [-0.1, -0.05) is 24.6 Å². The van der Waals surface area contributed by atoms with Crippen molar-refractivity contribution >= 4 is 5.69 Å². The van der Waals surface area contributed by atoms with E-state index in [1.54, 1.807) is 18.3 Å². The van der Waals surface area contributed by atoms with Crippen molar-refractivity contribution in [3.05, 3.63) is 70.0 Å². The quantitative estimate of drug-likeness (QED) is 0.637. The van der Waals surface area contributed by atoms with Gasteiger partial charge in [-0.05, 0) is 36.6 Å². The van der Waals surface area contributed by atoms with E-state index in [-0.39, 0.29) is 10.6 Å². The monoisotopic (exact) mass is 297 g/mol. The molecule has 0 spiro atoms. The molecule has 1 aromatic heterocycles. The molecule has 0 bridgehead atoms. The second-order valence-corrected chi connectivity index (χ2v) is 5.69. The largest absolute Gasteiger partial charge is 0.292 e. The van der Waals surface area contributed by atoms with Crippen LogP contribution in [0.3, 0.4) is 0 Å². The SMILES string of the molecule is O=[N+]([O-])c1ccc(CN2CCCC[C@H]2c2cccnc2)cc1. The van der Waals surface area contributed by atoms with Crippen LogP contribution in [0.4, 0.5) is 5.69 Å². The number of aromatic nitrogens is 1. The number of rotatable bonds is 4. The average Bonchev–Trinajstić information content (AvgIpc) is 2.57. The van der Waals surface area contributed by atoms with Crippen LogP contribution < -0.4 is 0 Å². The third-order valence-corrected chi connectivity index (χ3v) is 4.22. The second-order valence-electron chi connectivity index (χ2n) is 5.69. The molecule has 0 radical (unpaired) electrons. The lowest BCUT2D eigenvalue weighted by Gasteiger charge is -2.36. The predicted molar refractivity (Wildman–Crippen MR) is 84.3 cm³/mol. The standard InChI is InChI=1S/C17H19N3O2/c21-20(22)16-8-6-14(7-9-16)13-19-11-2-1-5-17(19)15-4-3-10-18-12-15/h3-4,6-10,12,17H,1-2,5,11,13H2/t17-/m0/s1. The minimum Gasteiger partial charge on any atom is -0.292 e. The number of hydrogen-bond donors (Lipinski definition) is 0. The minimum absolute atomic E-state index is 0.145. The van der Waals surface area contributed by atoms with Gasteiger partial charge in [-0.3, -0.25) is 20.0 Å². The van der Waals surface area contributed by atoms with Crippen molar-refractivity contribution in [2.75, 3.05) is 6.54 Å². The summed E-state index contributed by atoms with van der Waals surface area (Å²) in [6.07, 6.45) is 7.31. The van der Waals surface area contributed by atoms with E-state index in [9.17, 15) is 10.1 Å². The van der Waals surface area contributed by atoms with Gasteiger partial charge in [-0.15, -0.1) is 0 Å². The van der Waals surface area contributed by atoms with Gasteiger partial charge in [-0.25, -0.2) is 0 Å². The molecule has 2 heterocycles. The number of piperidine rings is 1. The summed E-state index contributed by atoms with van der Waals surface area (Å²) in [7, 11) is 0. The Labute approximate surface area is 129 Å². The highest BCUT2D eigenvalue weighted by Gasteiger charge is 2.24. The lowest BCUT2D eigenvalue weighted by atomic mass is 9.96. The molecule has 1 fully saturated rings. The Bertz CT molecular complexity index is 628. The Morgan fingerprint density at radius 3 is 2.73 bits per heavy atom. The molecular weight excluding hydrogens is 278 g/mol. The number of benzene rings is 1. The normalized spacial score (nSPS) is 19.0. The van der Waals surface area contributed by atoms with E-state index in [4.69, 9.17) is 0 Å². The molecule has 1 aliphatic heterocycles. The topological polar surface area (TPSA) is 59.3 Å². The zero-order chi connectivity index (χ0) is 15.4. The van der Waals surface area contributed by atoms with Gasteiger partial charge in [0.1, 0.15) is 0 Å². The molecule has 1 aliphatic rings. The summed E-state index contributed by atoms with van der Waals surface area (Å²) in [4.78, 5) is 17.0. The lowest BCUT2D eigenvalue weighted by Crippen LogP contribution is -2.32. The van der Waals surface area contributed by atoms with Gasteiger partial charge in [-0.2, -0.15) is 0 Å². The fraction of sp³-hybridized carbons (Fsp3) is 0.353. The van der Waals surface area contributed by atoms with Crippen LogP contribution in [0.2, 0.25) is 0 Å². The summed E-state index contributed by atoms with van der Waals surface area (Å²) in [5.41, 5.74) is 2.51. The molecular formula is C17H19N3O2. The molecule has 0 saturated carbocycles. The first-order valence-corrected chi connectivity index (χ1v) is 7.61. The first kappa shape index (κ1) is 14.7. The van der Waals surface area contributed by atoms with Gasteiger partial charge >= 0.3 is 0 Å². The van der Waals surface area contributed by atoms with Crippen LogP contribution in [-0.4, -0.2) is 21.4 Å². The maximum atomic E-state index is 10.7. The molecule has 114 valence electrons. The van der Waals surface area contributed by atoms with Crippen LogP contribution in [0, 0.1) is 10.1 Å². The smallest absolute Gasteiger partial charge is 0.269 e. The van der Waals surface area contributed by atoms with Crippen molar-refractivity contribution in [1.29, 1.82) is 0 Å². The summed E-state index contributed by atoms with van der Waals surface area (Å²) < 4.78 is 0. The van der Waals surface area contributed by atoms with E-state index in [2.05, 4.69) is 16.0 Å². The van der Waals surface area contributed by atoms with Crippen molar-refractivity contribution in [2.24, 2.45) is 0 Å². The fourth-order valence-electron chi connectivity index (χ4n) is 3.09. The summed E-state index contributed by atoms with van der Waals surface area (Å²) in [6, 6.07) is 11.4. The van der Waals surface area contributed by atoms with Crippen LogP contribution >= 0.6 is 0 Å². The summed E-state index contributed by atoms with van der Waals surface area (Å²) in [6.45, 7) is 1.87. The van der Waals surface area contributed by atoms with Gasteiger partial charge in [0, 0.05) is 37.1 Å². The number of hydrogen-bond acceptors (Lipinski definition) is 4. The highest BCUT2D eigenvalue weighted by molar-refractivity contribution is 5.33. The van der Waals surface area contributed by atoms with E-state index < -0.39 is 0 Å². The Balaban J connectivity index is 1.75. The molecule has 3 rings (SSSR count). The molecule has 0 unspecified atom stereocenters. The minimum atomic E-state index is -0.358. The van der Waals surface area contributed by atoms with E-state index >= 15 is 0 Å². The van der Waals surface area contributed by atoms with Crippen LogP contribution in [0.5, 0.6) is 0 Å². The van der Waals surface area contributed by atoms with Crippen LogP contribution in [-0.2, 0) is 6.54 Å². The van der Waals surface area contributed by atoms with Crippen molar-refractivity contribution in [1.82, 2.24) is 9.88 Å². The van der Waals surface area contributed by atoms with E-state index in [1.165, 1.54) is 18.4 Å². The van der Waals surface area contributed by atoms with Gasteiger partial charge in [0.25, 0.3) is 5.69 Å². The van der Waals surface area contributed by atoms with E-state index in [0.717, 1.165) is 25.1 Å². The van der Waals surface area contributed by atoms with E-state index in [1.807, 2.05) is 24.4 Å². The highest BCUT2D eigenvalue weighted by atomic mass is 16.6. The Kier molecular flexibility index (Phi) is 4.44. The lowest BCUT2D eigenvalue weighted by molar-refractivity contribution is -0.384. The van der Waals surface area contributed by atoms with Gasteiger partial charge < -0.3 is 0 Å². The van der Waals surface area contributed by atoms with Crippen molar-refractivity contribution in [2.45, 2.75) is 31.8 Å². The third kappa shape index (κ3) is 3.31. The third-order valence-electron chi connectivity index (χ3n) is 4.22. The van der Waals surface area contributed by atoms with Crippen molar-refractivity contribution < 1.29 is 4.92 Å². The van der Waals surface area contributed by atoms with Crippen LogP contribution in [0.1, 0.15) is 36.4 Å². The summed E-state index contributed by atoms with van der Waals surface area (Å²) in [5.74, 6) is 0. The van der Waals surface area contributed by atoms with E-state index in [0.29, 0.717) is 6.04 Å². The number of nitrogens with zero attached hydrogens (tertiary/aromatic N) is 3. The molecule has 5 nitrogen and oxygen atoms in total. The van der Waals surface area contributed by atoms with Crippen molar-refractivity contribution in [3.8, 4) is 0 Å². The van der Waals surface area contributed by atoms with Gasteiger partial charge in [0.15, 0.2) is 0 Å². The van der Waals surface area contributed by atoms with Gasteiger partial charge in [0.05, 0.1) is 4.92 Å². The first-order valence-electron chi connectivity index (χ1n) is 7.61. The second kappa shape index (κ2) is 6.66. The Hall–Kier alpha value is -2.27. The van der Waals surface area contributed by atoms with Crippen LogP contribution in [0.25, 0.3) is 0 Å². The number of nitro groups is 1. The molecule has 1 saturated heterocycles. The number of non-ortho nitro benzene ring substituents is 1. The molecule has 22 heavy (non-hydrogen) atoms. The maximum Gasteiger partial charge on any atom is 0.269 e. The number of pyridine rings is 1. The number of likely N-dealkylation sites (tertiary alicyclic amines) is 1. The molecule has 0 N–H and O–H groups in total. The molecule has 5 heteroatoms. The molecule has 1 aromatic carbocycles. The highest BCUT2D eigenvalue weighted by Crippen LogP contribution is 2.31. The fourth-order valence-corrected chi connectivity index (χ4v) is 3.09. The van der Waals surface area contributed by atoms with Crippen molar-refractivity contribution in [3.63, 3.8) is 0 Å². The summed E-state index contributed by atoms with van der Waals surface area (Å²) in [5, 5.41) is 10.7. The van der Waals surface area contributed by atoms with Gasteiger partial charge in [0.2, 0.25) is 0 Å². The Morgan fingerprint density at radius 2 is 2.05 bits per heavy atom.